The van der Waals surface area contributed by atoms with Crippen molar-refractivity contribution in [3.8, 4) is 0 Å². The van der Waals surface area contributed by atoms with Crippen LogP contribution in [0.15, 0.2) is 65.8 Å². The van der Waals surface area contributed by atoms with Crippen molar-refractivity contribution < 1.29 is 24.1 Å². The maximum atomic E-state index is 11.9. The first-order chi connectivity index (χ1) is 13.7. The van der Waals surface area contributed by atoms with Gasteiger partial charge >= 0.3 is 5.97 Å². The molecule has 0 unspecified atom stereocenters. The van der Waals surface area contributed by atoms with Crippen LogP contribution >= 0.6 is 0 Å². The third-order valence-electron chi connectivity index (χ3n) is 4.39. The van der Waals surface area contributed by atoms with Crippen LogP contribution in [0.1, 0.15) is 11.1 Å². The number of rotatable bonds is 9. The van der Waals surface area contributed by atoms with Gasteiger partial charge < -0.3 is 19.3 Å². The molecule has 1 heterocycles. The zero-order chi connectivity index (χ0) is 19.8. The average Bonchev–Trinajstić information content (AvgIpc) is 3.01. The first-order valence-electron chi connectivity index (χ1n) is 8.89. The standard InChI is InChI=1S/C20H21N3O5/c21-23-22-16(13-26-11-14-7-3-1-4-8-14)18-19(17(24)20(25)28-18)27-12-15-9-5-2-6-10-15/h1-10,16-19,24H,11-13H2/t16-,17-,18-,19-/m1/s1. The first kappa shape index (κ1) is 19.9. The summed E-state index contributed by atoms with van der Waals surface area (Å²) in [6.07, 6.45) is -3.33. The number of esters is 1. The Morgan fingerprint density at radius 1 is 1.07 bits per heavy atom. The van der Waals surface area contributed by atoms with E-state index in [2.05, 4.69) is 10.0 Å². The van der Waals surface area contributed by atoms with Gasteiger partial charge in [-0.15, -0.1) is 0 Å². The van der Waals surface area contributed by atoms with Crippen LogP contribution in [-0.2, 0) is 32.2 Å². The number of ether oxygens (including phenoxy) is 3. The number of carbonyl (C=O) groups excluding carboxylic acids is 1. The SMILES string of the molecule is [N-]=[N+]=N[C@H](COCc1ccccc1)[C@H]1OC(=O)[C@H](O)[C@H]1OCc1ccccc1. The molecule has 2 aromatic carbocycles. The molecule has 0 radical (unpaired) electrons. The van der Waals surface area contributed by atoms with Crippen LogP contribution in [0.2, 0.25) is 0 Å². The highest BCUT2D eigenvalue weighted by atomic mass is 16.6. The van der Waals surface area contributed by atoms with E-state index in [0.717, 1.165) is 11.1 Å². The molecule has 28 heavy (non-hydrogen) atoms. The molecular weight excluding hydrogens is 362 g/mol. The Morgan fingerprint density at radius 3 is 2.29 bits per heavy atom. The molecule has 4 atom stereocenters. The number of aliphatic hydroxyl groups is 1. The van der Waals surface area contributed by atoms with Gasteiger partial charge in [0.05, 0.1) is 19.8 Å². The predicted octanol–water partition coefficient (Wildman–Crippen LogP) is 2.75. The molecule has 0 bridgehead atoms. The molecule has 1 aliphatic rings. The fourth-order valence-electron chi connectivity index (χ4n) is 2.97. The maximum absolute atomic E-state index is 11.9. The molecule has 1 aliphatic heterocycles. The van der Waals surface area contributed by atoms with Crippen molar-refractivity contribution >= 4 is 5.97 Å². The molecule has 1 saturated heterocycles. The number of nitrogens with zero attached hydrogens (tertiary/aromatic N) is 3. The minimum absolute atomic E-state index is 0.0226. The Labute approximate surface area is 162 Å². The Morgan fingerprint density at radius 2 is 1.68 bits per heavy atom. The summed E-state index contributed by atoms with van der Waals surface area (Å²) in [7, 11) is 0. The lowest BCUT2D eigenvalue weighted by Gasteiger charge is -2.24. The molecule has 0 spiro atoms. The largest absolute Gasteiger partial charge is 0.457 e. The Hall–Kier alpha value is -2.90. The monoisotopic (exact) mass is 383 g/mol. The van der Waals surface area contributed by atoms with Crippen LogP contribution in [0.25, 0.3) is 10.4 Å². The highest BCUT2D eigenvalue weighted by Crippen LogP contribution is 2.25. The highest BCUT2D eigenvalue weighted by molar-refractivity contribution is 5.78. The predicted molar refractivity (Wildman–Crippen MR) is 99.9 cm³/mol. The summed E-state index contributed by atoms with van der Waals surface area (Å²) >= 11 is 0. The van der Waals surface area contributed by atoms with Crippen molar-refractivity contribution in [1.82, 2.24) is 0 Å². The van der Waals surface area contributed by atoms with Crippen molar-refractivity contribution in [3.63, 3.8) is 0 Å². The van der Waals surface area contributed by atoms with E-state index in [1.807, 2.05) is 60.7 Å². The molecule has 0 aliphatic carbocycles. The van der Waals surface area contributed by atoms with Gasteiger partial charge in [0.15, 0.2) is 6.10 Å². The van der Waals surface area contributed by atoms with Crippen LogP contribution in [0.4, 0.5) is 0 Å². The van der Waals surface area contributed by atoms with E-state index < -0.39 is 30.3 Å². The smallest absolute Gasteiger partial charge is 0.338 e. The number of aliphatic hydroxyl groups excluding tert-OH is 1. The summed E-state index contributed by atoms with van der Waals surface area (Å²) in [5, 5.41) is 13.8. The Balaban J connectivity index is 1.64. The number of cyclic esters (lactones) is 1. The summed E-state index contributed by atoms with van der Waals surface area (Å²) < 4.78 is 16.6. The summed E-state index contributed by atoms with van der Waals surface area (Å²) in [6.45, 7) is 0.523. The van der Waals surface area contributed by atoms with Crippen molar-refractivity contribution in [2.24, 2.45) is 5.11 Å². The molecule has 0 aromatic heterocycles. The van der Waals surface area contributed by atoms with Gasteiger partial charge in [-0.05, 0) is 16.7 Å². The summed E-state index contributed by atoms with van der Waals surface area (Å²) in [4.78, 5) is 14.7. The second-order valence-electron chi connectivity index (χ2n) is 6.38. The van der Waals surface area contributed by atoms with Crippen molar-refractivity contribution in [2.75, 3.05) is 6.61 Å². The van der Waals surface area contributed by atoms with E-state index >= 15 is 0 Å². The van der Waals surface area contributed by atoms with Gasteiger partial charge in [0, 0.05) is 4.91 Å². The van der Waals surface area contributed by atoms with E-state index in [9.17, 15) is 9.90 Å². The molecule has 3 rings (SSSR count). The number of benzene rings is 2. The molecular formula is C20H21N3O5. The minimum Gasteiger partial charge on any atom is -0.457 e. The van der Waals surface area contributed by atoms with Crippen LogP contribution < -0.4 is 0 Å². The third-order valence-corrected chi connectivity index (χ3v) is 4.39. The molecule has 8 heteroatoms. The lowest BCUT2D eigenvalue weighted by Crippen LogP contribution is -2.41. The van der Waals surface area contributed by atoms with Crippen molar-refractivity contribution in [1.29, 1.82) is 0 Å². The van der Waals surface area contributed by atoms with Gasteiger partial charge in [0.1, 0.15) is 18.2 Å². The first-order valence-corrected chi connectivity index (χ1v) is 8.89. The fourth-order valence-corrected chi connectivity index (χ4v) is 2.97. The number of azide groups is 1. The topological polar surface area (TPSA) is 114 Å². The second kappa shape index (κ2) is 9.87. The molecule has 146 valence electrons. The van der Waals surface area contributed by atoms with Gasteiger partial charge in [-0.2, -0.15) is 0 Å². The van der Waals surface area contributed by atoms with Gasteiger partial charge in [-0.1, -0.05) is 65.8 Å². The van der Waals surface area contributed by atoms with Crippen LogP contribution in [0.5, 0.6) is 0 Å². The summed E-state index contributed by atoms with van der Waals surface area (Å²) in [5.74, 6) is -0.802. The molecule has 2 aromatic rings. The van der Waals surface area contributed by atoms with Gasteiger partial charge in [-0.25, -0.2) is 4.79 Å². The van der Waals surface area contributed by atoms with Gasteiger partial charge in [0.2, 0.25) is 0 Å². The fraction of sp³-hybridized carbons (Fsp3) is 0.350. The molecule has 0 amide bonds. The molecule has 8 nitrogen and oxygen atoms in total. The van der Waals surface area contributed by atoms with Crippen LogP contribution in [0.3, 0.4) is 0 Å². The lowest BCUT2D eigenvalue weighted by atomic mass is 10.0. The zero-order valence-corrected chi connectivity index (χ0v) is 15.1. The molecule has 1 fully saturated rings. The van der Waals surface area contributed by atoms with E-state index in [1.54, 1.807) is 0 Å². The lowest BCUT2D eigenvalue weighted by molar-refractivity contribution is -0.148. The Bertz CT molecular complexity index is 811. The number of hydrogen-bond donors (Lipinski definition) is 1. The maximum Gasteiger partial charge on any atom is 0.338 e. The van der Waals surface area contributed by atoms with Crippen molar-refractivity contribution in [3.05, 3.63) is 82.2 Å². The average molecular weight is 383 g/mol. The van der Waals surface area contributed by atoms with Gasteiger partial charge in [-0.3, -0.25) is 0 Å². The van der Waals surface area contributed by atoms with E-state index in [4.69, 9.17) is 19.7 Å². The van der Waals surface area contributed by atoms with Crippen LogP contribution in [0, 0.1) is 0 Å². The number of hydrogen-bond acceptors (Lipinski definition) is 6. The van der Waals surface area contributed by atoms with E-state index in [1.165, 1.54) is 0 Å². The van der Waals surface area contributed by atoms with E-state index in [0.29, 0.717) is 6.61 Å². The zero-order valence-electron chi connectivity index (χ0n) is 15.1. The van der Waals surface area contributed by atoms with Crippen molar-refractivity contribution in [2.45, 2.75) is 37.6 Å². The number of carbonyl (C=O) groups is 1. The molecule has 0 saturated carbocycles. The summed E-state index contributed by atoms with van der Waals surface area (Å²) in [5.41, 5.74) is 10.7. The quantitative estimate of drug-likeness (QED) is 0.309. The highest BCUT2D eigenvalue weighted by Gasteiger charge is 2.48. The third kappa shape index (κ3) is 5.09. The van der Waals surface area contributed by atoms with Crippen LogP contribution in [-0.4, -0.2) is 42.0 Å². The van der Waals surface area contributed by atoms with E-state index in [-0.39, 0.29) is 13.2 Å². The van der Waals surface area contributed by atoms with Gasteiger partial charge in [0.25, 0.3) is 0 Å². The summed E-state index contributed by atoms with van der Waals surface area (Å²) in [6, 6.07) is 18.0. The Kier molecular flexibility index (Phi) is 7.00. The normalized spacial score (nSPS) is 22.3. The minimum atomic E-state index is -1.45. The molecule has 1 N–H and O–H groups in total. The second-order valence-corrected chi connectivity index (χ2v) is 6.38.